The molecule has 1 aliphatic heterocycles. The minimum Gasteiger partial charge on any atom is -0.481 e. The lowest BCUT2D eigenvalue weighted by molar-refractivity contribution is -0.140. The van der Waals surface area contributed by atoms with E-state index in [0.717, 1.165) is 43.0 Å². The fourth-order valence-electron chi connectivity index (χ4n) is 4.78. The van der Waals surface area contributed by atoms with Gasteiger partial charge in [-0.3, -0.25) is 4.79 Å². The number of aliphatic carboxylic acids is 1. The highest BCUT2D eigenvalue weighted by Crippen LogP contribution is 2.48. The smallest absolute Gasteiger partial charge is 0.314 e. The van der Waals surface area contributed by atoms with E-state index in [0.29, 0.717) is 0 Å². The standard InChI is InChI=1S/C27H30N4O2/c1-18(20-9-5-10-21(15-20)27(12-13-27)26(32)33)16-30-24(19-7-3-2-4-8-19)23-17-29-22-11-6-14-28-25(22)31-23/h2-11,14-15,18,23-24,29-30H,12-13,16-17H2,1H3,(H,28,31)(H,32,33)/t18-,23+,24+/m0/s1. The molecule has 2 heterocycles. The normalized spacial score (nSPS) is 20.0. The molecule has 6 heteroatoms. The summed E-state index contributed by atoms with van der Waals surface area (Å²) in [5.74, 6) is 0.405. The summed E-state index contributed by atoms with van der Waals surface area (Å²) >= 11 is 0. The first-order valence-electron chi connectivity index (χ1n) is 11.6. The van der Waals surface area contributed by atoms with Crippen molar-refractivity contribution in [2.75, 3.05) is 23.7 Å². The molecule has 0 amide bonds. The number of anilines is 2. The molecule has 170 valence electrons. The predicted octanol–water partition coefficient (Wildman–Crippen LogP) is 4.54. The molecule has 2 aromatic carbocycles. The van der Waals surface area contributed by atoms with Gasteiger partial charge in [-0.25, -0.2) is 4.98 Å². The molecule has 2 aliphatic rings. The highest BCUT2D eigenvalue weighted by Gasteiger charge is 2.51. The summed E-state index contributed by atoms with van der Waals surface area (Å²) < 4.78 is 0. The lowest BCUT2D eigenvalue weighted by Crippen LogP contribution is -2.45. The second-order valence-electron chi connectivity index (χ2n) is 9.24. The Morgan fingerprint density at radius 1 is 1.12 bits per heavy atom. The SMILES string of the molecule is C[C@@H](CN[C@H](c1ccccc1)[C@H]1CNc2cccnc2N1)c1cccc(C2(C(=O)O)CC2)c1. The van der Waals surface area contributed by atoms with Crippen LogP contribution >= 0.6 is 0 Å². The van der Waals surface area contributed by atoms with Crippen LogP contribution in [0.25, 0.3) is 0 Å². The molecule has 5 rings (SSSR count). The molecule has 1 aromatic heterocycles. The number of hydrogen-bond acceptors (Lipinski definition) is 5. The highest BCUT2D eigenvalue weighted by molar-refractivity contribution is 5.85. The average molecular weight is 443 g/mol. The molecule has 1 fully saturated rings. The number of hydrogen-bond donors (Lipinski definition) is 4. The Kier molecular flexibility index (Phi) is 5.77. The molecule has 6 nitrogen and oxygen atoms in total. The minimum absolute atomic E-state index is 0.0910. The number of carboxylic acid groups (broad SMARTS) is 1. The van der Waals surface area contributed by atoms with Crippen molar-refractivity contribution in [1.29, 1.82) is 0 Å². The van der Waals surface area contributed by atoms with Crippen molar-refractivity contribution >= 4 is 17.5 Å². The summed E-state index contributed by atoms with van der Waals surface area (Å²) in [5.41, 5.74) is 3.67. The quantitative estimate of drug-likeness (QED) is 0.410. The van der Waals surface area contributed by atoms with E-state index < -0.39 is 11.4 Å². The Bertz CT molecular complexity index is 1130. The lowest BCUT2D eigenvalue weighted by Gasteiger charge is -2.35. The number of pyridine rings is 1. The molecule has 0 radical (unpaired) electrons. The monoisotopic (exact) mass is 442 g/mol. The van der Waals surface area contributed by atoms with Crippen LogP contribution in [-0.4, -0.2) is 35.2 Å². The zero-order chi connectivity index (χ0) is 22.8. The molecule has 0 bridgehead atoms. The first-order valence-corrected chi connectivity index (χ1v) is 11.6. The van der Waals surface area contributed by atoms with E-state index >= 15 is 0 Å². The molecule has 0 unspecified atom stereocenters. The van der Waals surface area contributed by atoms with Crippen LogP contribution < -0.4 is 16.0 Å². The van der Waals surface area contributed by atoms with E-state index in [4.69, 9.17) is 0 Å². The van der Waals surface area contributed by atoms with Crippen LogP contribution in [0.3, 0.4) is 0 Å². The van der Waals surface area contributed by atoms with E-state index in [9.17, 15) is 9.90 Å². The van der Waals surface area contributed by atoms with Crippen molar-refractivity contribution in [2.24, 2.45) is 0 Å². The van der Waals surface area contributed by atoms with E-state index in [2.05, 4.69) is 64.3 Å². The van der Waals surface area contributed by atoms with Gasteiger partial charge in [0.2, 0.25) is 0 Å². The highest BCUT2D eigenvalue weighted by atomic mass is 16.4. The summed E-state index contributed by atoms with van der Waals surface area (Å²) in [6, 6.07) is 22.8. The van der Waals surface area contributed by atoms with Gasteiger partial charge in [-0.15, -0.1) is 0 Å². The zero-order valence-electron chi connectivity index (χ0n) is 18.8. The number of nitrogens with one attached hydrogen (secondary N) is 3. The van der Waals surface area contributed by atoms with Gasteiger partial charge in [0.05, 0.1) is 23.2 Å². The number of carbonyl (C=O) groups is 1. The first kappa shape index (κ1) is 21.5. The number of fused-ring (bicyclic) bond motifs is 1. The van der Waals surface area contributed by atoms with Gasteiger partial charge in [-0.1, -0.05) is 61.5 Å². The van der Waals surface area contributed by atoms with E-state index in [-0.39, 0.29) is 18.0 Å². The van der Waals surface area contributed by atoms with Crippen LogP contribution in [0.5, 0.6) is 0 Å². The van der Waals surface area contributed by atoms with Crippen molar-refractivity contribution in [2.45, 2.75) is 43.2 Å². The number of benzene rings is 2. The summed E-state index contributed by atoms with van der Waals surface area (Å²) in [5, 5.41) is 20.6. The Labute approximate surface area is 194 Å². The Morgan fingerprint density at radius 2 is 1.91 bits per heavy atom. The van der Waals surface area contributed by atoms with Crippen LogP contribution in [0.4, 0.5) is 11.5 Å². The van der Waals surface area contributed by atoms with E-state index in [1.165, 1.54) is 11.1 Å². The van der Waals surface area contributed by atoms with E-state index in [1.54, 1.807) is 6.20 Å². The fraction of sp³-hybridized carbons (Fsp3) is 0.333. The van der Waals surface area contributed by atoms with Crippen molar-refractivity contribution < 1.29 is 9.90 Å². The molecule has 0 saturated heterocycles. The van der Waals surface area contributed by atoms with Crippen LogP contribution in [0, 0.1) is 0 Å². The second kappa shape index (κ2) is 8.87. The van der Waals surface area contributed by atoms with Crippen LogP contribution in [0.15, 0.2) is 72.9 Å². The third-order valence-electron chi connectivity index (χ3n) is 7.01. The first-order chi connectivity index (χ1) is 16.1. The molecule has 1 aliphatic carbocycles. The van der Waals surface area contributed by atoms with Gasteiger partial charge in [0, 0.05) is 19.3 Å². The third-order valence-corrected chi connectivity index (χ3v) is 7.01. The second-order valence-corrected chi connectivity index (χ2v) is 9.24. The largest absolute Gasteiger partial charge is 0.481 e. The summed E-state index contributed by atoms with van der Waals surface area (Å²) in [6.45, 7) is 3.75. The molecule has 0 spiro atoms. The topological polar surface area (TPSA) is 86.3 Å². The van der Waals surface area contributed by atoms with Crippen LogP contribution in [0.2, 0.25) is 0 Å². The Balaban J connectivity index is 1.33. The maximum absolute atomic E-state index is 11.8. The fourth-order valence-corrected chi connectivity index (χ4v) is 4.78. The average Bonchev–Trinajstić information content (AvgIpc) is 3.67. The zero-order valence-corrected chi connectivity index (χ0v) is 18.8. The van der Waals surface area contributed by atoms with Gasteiger partial charge in [-0.05, 0) is 47.6 Å². The number of aromatic nitrogens is 1. The maximum atomic E-state index is 11.8. The van der Waals surface area contributed by atoms with Gasteiger partial charge in [-0.2, -0.15) is 0 Å². The molecule has 4 N–H and O–H groups in total. The van der Waals surface area contributed by atoms with E-state index in [1.807, 2.05) is 30.3 Å². The maximum Gasteiger partial charge on any atom is 0.314 e. The van der Waals surface area contributed by atoms with Crippen molar-refractivity contribution in [1.82, 2.24) is 10.3 Å². The van der Waals surface area contributed by atoms with Crippen molar-refractivity contribution in [3.05, 3.63) is 89.6 Å². The van der Waals surface area contributed by atoms with Crippen LogP contribution in [-0.2, 0) is 10.2 Å². The van der Waals surface area contributed by atoms with Gasteiger partial charge >= 0.3 is 5.97 Å². The number of nitrogens with zero attached hydrogens (tertiary/aromatic N) is 1. The van der Waals surface area contributed by atoms with Gasteiger partial charge in [0.1, 0.15) is 5.82 Å². The molecular weight excluding hydrogens is 412 g/mol. The molecule has 3 aromatic rings. The molecule has 3 atom stereocenters. The Morgan fingerprint density at radius 3 is 2.67 bits per heavy atom. The van der Waals surface area contributed by atoms with Gasteiger partial charge in [0.25, 0.3) is 0 Å². The lowest BCUT2D eigenvalue weighted by atomic mass is 9.90. The number of carboxylic acids is 1. The molecule has 33 heavy (non-hydrogen) atoms. The summed E-state index contributed by atoms with van der Waals surface area (Å²) in [4.78, 5) is 16.3. The Hall–Kier alpha value is -3.38. The minimum atomic E-state index is -0.709. The van der Waals surface area contributed by atoms with Crippen molar-refractivity contribution in [3.63, 3.8) is 0 Å². The summed E-state index contributed by atoms with van der Waals surface area (Å²) in [6.07, 6.45) is 3.26. The predicted molar refractivity (Wildman–Crippen MR) is 131 cm³/mol. The number of rotatable bonds is 8. The van der Waals surface area contributed by atoms with Gasteiger partial charge in [0.15, 0.2) is 0 Å². The molecule has 1 saturated carbocycles. The van der Waals surface area contributed by atoms with Crippen LogP contribution in [0.1, 0.15) is 48.4 Å². The third kappa shape index (κ3) is 4.31. The van der Waals surface area contributed by atoms with Crippen molar-refractivity contribution in [3.8, 4) is 0 Å². The molecular formula is C27H30N4O2. The summed E-state index contributed by atoms with van der Waals surface area (Å²) in [7, 11) is 0. The van der Waals surface area contributed by atoms with Gasteiger partial charge < -0.3 is 21.1 Å².